The minimum Gasteiger partial charge on any atom is -0.488 e. The average molecular weight is 811 g/mol. The first kappa shape index (κ1) is 42.7. The molecule has 0 unspecified atom stereocenters. The summed E-state index contributed by atoms with van der Waals surface area (Å²) in [5, 5.41) is 3.40. The molecule has 4 fully saturated rings. The van der Waals surface area contributed by atoms with Gasteiger partial charge in [-0.05, 0) is 94.4 Å². The van der Waals surface area contributed by atoms with E-state index in [-0.39, 0.29) is 36.4 Å². The smallest absolute Gasteiger partial charge is 0.272 e. The molecule has 4 aromatic rings. The molecule has 2 atom stereocenters. The van der Waals surface area contributed by atoms with Gasteiger partial charge in [0, 0.05) is 65.2 Å². The summed E-state index contributed by atoms with van der Waals surface area (Å²) in [5.41, 5.74) is 3.28. The van der Waals surface area contributed by atoms with Gasteiger partial charge in [0.1, 0.15) is 46.7 Å². The molecule has 4 aliphatic rings. The van der Waals surface area contributed by atoms with Crippen molar-refractivity contribution in [2.75, 3.05) is 95.4 Å². The fourth-order valence-corrected chi connectivity index (χ4v) is 7.87. The van der Waals surface area contributed by atoms with Crippen molar-refractivity contribution >= 4 is 35.9 Å². The number of ether oxygens (including phenoxy) is 2. The van der Waals surface area contributed by atoms with Crippen LogP contribution < -0.4 is 24.6 Å². The molecule has 4 aliphatic heterocycles. The average Bonchev–Trinajstić information content (AvgIpc) is 3.74. The zero-order valence-electron chi connectivity index (χ0n) is 34.2. The Kier molecular flexibility index (Phi) is 15.2. The summed E-state index contributed by atoms with van der Waals surface area (Å²) in [7, 11) is 2.15. The van der Waals surface area contributed by atoms with Gasteiger partial charge in [-0.15, -0.1) is 12.4 Å². The van der Waals surface area contributed by atoms with Crippen LogP contribution in [0.5, 0.6) is 11.5 Å². The van der Waals surface area contributed by atoms with E-state index in [4.69, 9.17) is 14.5 Å². The largest absolute Gasteiger partial charge is 0.488 e. The maximum atomic E-state index is 13.0. The number of carbonyl (C=O) groups excluding carboxylic acids is 2. The van der Waals surface area contributed by atoms with Gasteiger partial charge in [-0.1, -0.05) is 48.5 Å². The number of likely N-dealkylation sites (tertiary alicyclic amines) is 2. The topological polar surface area (TPSA) is 107 Å². The Morgan fingerprint density at radius 2 is 1.10 bits per heavy atom. The number of nitrogens with zero attached hydrogens (tertiary/aromatic N) is 7. The number of likely N-dealkylation sites (N-methyl/N-ethyl adjacent to an activating group) is 1. The van der Waals surface area contributed by atoms with E-state index in [1.807, 2.05) is 109 Å². The number of anilines is 2. The Morgan fingerprint density at radius 3 is 1.66 bits per heavy atom. The van der Waals surface area contributed by atoms with Crippen LogP contribution in [0.4, 0.5) is 11.6 Å². The third-order valence-electron chi connectivity index (χ3n) is 11.3. The molecular weight excluding hydrogens is 752 g/mol. The molecule has 0 aliphatic carbocycles. The number of nitrogens with one attached hydrogen (secondary N) is 1. The summed E-state index contributed by atoms with van der Waals surface area (Å²) in [6.45, 7) is 14.6. The summed E-state index contributed by atoms with van der Waals surface area (Å²) >= 11 is 0. The molecule has 2 aromatic carbocycles. The number of benzene rings is 2. The van der Waals surface area contributed by atoms with Gasteiger partial charge in [0.05, 0.1) is 13.1 Å². The number of hydrogen-bond donors (Lipinski definition) is 1. The van der Waals surface area contributed by atoms with Crippen molar-refractivity contribution < 1.29 is 19.1 Å². The summed E-state index contributed by atoms with van der Waals surface area (Å²) < 4.78 is 12.3. The van der Waals surface area contributed by atoms with Gasteiger partial charge in [-0.2, -0.15) is 0 Å². The van der Waals surface area contributed by atoms with Crippen LogP contribution >= 0.6 is 12.4 Å². The Bertz CT molecular complexity index is 1960. The second-order valence-corrected chi connectivity index (χ2v) is 15.6. The van der Waals surface area contributed by atoms with E-state index in [1.165, 1.54) is 0 Å². The van der Waals surface area contributed by atoms with Crippen molar-refractivity contribution in [1.82, 2.24) is 30.0 Å². The molecule has 2 amide bonds. The highest BCUT2D eigenvalue weighted by Crippen LogP contribution is 2.25. The Balaban J connectivity index is 0.000000192. The van der Waals surface area contributed by atoms with E-state index in [2.05, 4.69) is 32.0 Å². The van der Waals surface area contributed by atoms with Crippen LogP contribution in [0.25, 0.3) is 0 Å². The van der Waals surface area contributed by atoms with E-state index in [1.54, 1.807) is 0 Å². The van der Waals surface area contributed by atoms with Crippen LogP contribution in [0.2, 0.25) is 0 Å². The lowest BCUT2D eigenvalue weighted by Crippen LogP contribution is -2.33. The Morgan fingerprint density at radius 1 is 0.586 bits per heavy atom. The van der Waals surface area contributed by atoms with Gasteiger partial charge >= 0.3 is 0 Å². The lowest BCUT2D eigenvalue weighted by atomic mass is 10.2. The quantitative estimate of drug-likeness (QED) is 0.237. The number of rotatable bonds is 8. The Labute approximate surface area is 349 Å². The lowest BCUT2D eigenvalue weighted by molar-refractivity contribution is 0.0760. The third-order valence-corrected chi connectivity index (χ3v) is 11.3. The number of halogens is 1. The molecular formula is C45H59ClN8O4. The second kappa shape index (κ2) is 20.7. The first-order chi connectivity index (χ1) is 27.8. The number of aromatic nitrogens is 2. The predicted molar refractivity (Wildman–Crippen MR) is 232 cm³/mol. The van der Waals surface area contributed by atoms with Gasteiger partial charge < -0.3 is 39.3 Å². The summed E-state index contributed by atoms with van der Waals surface area (Å²) in [6.07, 6.45) is 3.95. The van der Waals surface area contributed by atoms with Crippen LogP contribution in [0.1, 0.15) is 57.8 Å². The number of amides is 2. The van der Waals surface area contributed by atoms with Gasteiger partial charge in [-0.25, -0.2) is 9.97 Å². The van der Waals surface area contributed by atoms with E-state index in [9.17, 15) is 9.59 Å². The summed E-state index contributed by atoms with van der Waals surface area (Å²) in [4.78, 5) is 46.0. The van der Waals surface area contributed by atoms with E-state index in [0.717, 1.165) is 112 Å². The minimum atomic E-state index is -0.00863. The van der Waals surface area contributed by atoms with Crippen molar-refractivity contribution in [3.05, 3.63) is 107 Å². The van der Waals surface area contributed by atoms with Gasteiger partial charge in [0.2, 0.25) is 0 Å². The maximum Gasteiger partial charge on any atom is 0.272 e. The molecule has 0 spiro atoms. The lowest BCUT2D eigenvalue weighted by Gasteiger charge is -2.23. The summed E-state index contributed by atoms with van der Waals surface area (Å²) in [5.74, 6) is 3.58. The fraction of sp³-hybridized carbons (Fsp3) is 0.467. The molecule has 13 heteroatoms. The van der Waals surface area contributed by atoms with Gasteiger partial charge in [-0.3, -0.25) is 9.59 Å². The zero-order chi connectivity index (χ0) is 39.6. The zero-order valence-corrected chi connectivity index (χ0v) is 35.0. The highest BCUT2D eigenvalue weighted by Gasteiger charge is 2.31. The highest BCUT2D eigenvalue weighted by atomic mass is 35.5. The van der Waals surface area contributed by atoms with Crippen molar-refractivity contribution in [3.8, 4) is 11.5 Å². The van der Waals surface area contributed by atoms with Crippen LogP contribution in [0, 0.1) is 13.8 Å². The highest BCUT2D eigenvalue weighted by molar-refractivity contribution is 5.93. The van der Waals surface area contributed by atoms with Crippen molar-refractivity contribution in [3.63, 3.8) is 0 Å². The van der Waals surface area contributed by atoms with Gasteiger partial charge in [0.25, 0.3) is 11.8 Å². The summed E-state index contributed by atoms with van der Waals surface area (Å²) in [6, 6.07) is 27.6. The monoisotopic (exact) mass is 810 g/mol. The number of hydrogen-bond acceptors (Lipinski definition) is 10. The van der Waals surface area contributed by atoms with Crippen molar-refractivity contribution in [1.29, 1.82) is 0 Å². The molecule has 12 nitrogen and oxygen atoms in total. The fourth-order valence-electron chi connectivity index (χ4n) is 7.87. The van der Waals surface area contributed by atoms with Crippen molar-refractivity contribution in [2.45, 2.75) is 51.7 Å². The van der Waals surface area contributed by atoms with Crippen LogP contribution in [-0.2, 0) is 0 Å². The molecule has 58 heavy (non-hydrogen) atoms. The first-order valence-electron chi connectivity index (χ1n) is 20.7. The molecule has 0 saturated carbocycles. The minimum absolute atomic E-state index is 0. The van der Waals surface area contributed by atoms with E-state index >= 15 is 0 Å². The molecule has 0 bridgehead atoms. The molecule has 8 rings (SSSR count). The molecule has 1 N–H and O–H groups in total. The normalized spacial score (nSPS) is 20.0. The standard InChI is InChI=1S/C23H30N4O2.C22H28N4O2.ClH/c1-18-7-3-4-9-21(18)29-19-11-14-27(17-19)23(28)20-8-5-10-22(24-20)26-13-6-12-25(2)15-16-26;1-17-6-2-3-8-20(17)28-18-10-14-26(16-18)22(27)19-7-4-9-21(24-19)25-13-5-11-23-12-15-25;/h3-5,7-10,19H,6,11-17H2,1-2H3;2-4,6-9,18,23H,5,10-16H2,1H3;1H/t19-;18-;/m11./s1. The second-order valence-electron chi connectivity index (χ2n) is 15.6. The molecule has 6 heterocycles. The number of pyridine rings is 2. The van der Waals surface area contributed by atoms with Crippen LogP contribution in [-0.4, -0.2) is 134 Å². The molecule has 0 radical (unpaired) electrons. The molecule has 4 saturated heterocycles. The number of aryl methyl sites for hydroxylation is 2. The van der Waals surface area contributed by atoms with Gasteiger partial charge in [0.15, 0.2) is 0 Å². The van der Waals surface area contributed by atoms with Crippen molar-refractivity contribution in [2.24, 2.45) is 0 Å². The SMILES string of the molecule is Cc1ccccc1O[C@@H]1CCN(C(=O)c2cccc(N3CCCN(C)CC3)n2)C1.Cc1ccccc1O[C@@H]1CCN(C(=O)c2cccc(N3CCCNCC3)n2)C1.Cl. The van der Waals surface area contributed by atoms with Crippen LogP contribution in [0.15, 0.2) is 84.9 Å². The number of para-hydroxylation sites is 2. The molecule has 2 aromatic heterocycles. The predicted octanol–water partition coefficient (Wildman–Crippen LogP) is 5.73. The third kappa shape index (κ3) is 11.2. The molecule has 310 valence electrons. The Hall–Kier alpha value is -4.91. The van der Waals surface area contributed by atoms with Crippen LogP contribution in [0.3, 0.4) is 0 Å². The van der Waals surface area contributed by atoms with E-state index in [0.29, 0.717) is 37.6 Å². The number of carbonyl (C=O) groups is 2. The maximum absolute atomic E-state index is 13.0. The first-order valence-corrected chi connectivity index (χ1v) is 20.7. The van der Waals surface area contributed by atoms with E-state index < -0.39 is 0 Å².